The van der Waals surface area contributed by atoms with Crippen LogP contribution >= 0.6 is 27.3 Å². The number of carbonyl (C=O) groups excluding carboxylic acids is 1. The minimum absolute atomic E-state index is 0.0196. The second kappa shape index (κ2) is 7.87. The number of halogens is 1. The van der Waals surface area contributed by atoms with E-state index in [-0.39, 0.29) is 10.3 Å². The molecule has 1 aromatic rings. The SMILES string of the molecule is C[C@H](OC[C@H]1CCCCO1)C(=O)NS(=O)(=O)c1ccc(Br)s1. The van der Waals surface area contributed by atoms with Gasteiger partial charge >= 0.3 is 0 Å². The highest BCUT2D eigenvalue weighted by Crippen LogP contribution is 2.25. The number of rotatable bonds is 6. The lowest BCUT2D eigenvalue weighted by atomic mass is 10.1. The lowest BCUT2D eigenvalue weighted by molar-refractivity contribution is -0.133. The monoisotopic (exact) mass is 411 g/mol. The Morgan fingerprint density at radius 3 is 2.91 bits per heavy atom. The molecule has 1 amide bonds. The molecule has 1 saturated heterocycles. The first-order valence-electron chi connectivity index (χ1n) is 6.93. The van der Waals surface area contributed by atoms with Gasteiger partial charge in [0, 0.05) is 6.61 Å². The topological polar surface area (TPSA) is 81.7 Å². The molecule has 1 N–H and O–H groups in total. The summed E-state index contributed by atoms with van der Waals surface area (Å²) in [4.78, 5) is 11.9. The van der Waals surface area contributed by atoms with E-state index in [0.717, 1.165) is 30.6 Å². The highest BCUT2D eigenvalue weighted by molar-refractivity contribution is 9.11. The van der Waals surface area contributed by atoms with E-state index < -0.39 is 22.0 Å². The largest absolute Gasteiger partial charge is 0.376 e. The third-order valence-corrected chi connectivity index (χ3v) is 6.69. The molecule has 1 aliphatic rings. The normalized spacial score (nSPS) is 20.5. The van der Waals surface area contributed by atoms with E-state index in [1.165, 1.54) is 13.0 Å². The molecule has 0 aromatic carbocycles. The van der Waals surface area contributed by atoms with E-state index >= 15 is 0 Å². The molecular weight excluding hydrogens is 394 g/mol. The van der Waals surface area contributed by atoms with Crippen molar-refractivity contribution in [2.75, 3.05) is 13.2 Å². The summed E-state index contributed by atoms with van der Waals surface area (Å²) in [6.45, 7) is 2.52. The molecule has 2 heterocycles. The van der Waals surface area contributed by atoms with Crippen LogP contribution in [-0.4, -0.2) is 39.7 Å². The van der Waals surface area contributed by atoms with E-state index in [0.29, 0.717) is 17.0 Å². The van der Waals surface area contributed by atoms with Crippen LogP contribution in [0, 0.1) is 0 Å². The number of ether oxygens (including phenoxy) is 2. The van der Waals surface area contributed by atoms with Crippen molar-refractivity contribution in [3.05, 3.63) is 15.9 Å². The summed E-state index contributed by atoms with van der Waals surface area (Å²) in [5, 5.41) is 0. The predicted molar refractivity (Wildman–Crippen MR) is 86.4 cm³/mol. The smallest absolute Gasteiger partial charge is 0.273 e. The Labute approximate surface area is 142 Å². The van der Waals surface area contributed by atoms with Gasteiger partial charge in [0.15, 0.2) is 0 Å². The Bertz CT molecular complexity index is 610. The molecule has 0 radical (unpaired) electrons. The number of thiophene rings is 1. The van der Waals surface area contributed by atoms with Gasteiger partial charge < -0.3 is 9.47 Å². The second-order valence-corrected chi connectivity index (χ2v) is 9.36. The third-order valence-electron chi connectivity index (χ3n) is 3.22. The van der Waals surface area contributed by atoms with Crippen LogP contribution in [0.1, 0.15) is 26.2 Å². The first kappa shape index (κ1) is 17.9. The van der Waals surface area contributed by atoms with Crippen molar-refractivity contribution in [3.63, 3.8) is 0 Å². The number of sulfonamides is 1. The van der Waals surface area contributed by atoms with Gasteiger partial charge in [-0.15, -0.1) is 11.3 Å². The first-order valence-corrected chi connectivity index (χ1v) is 10.0. The van der Waals surface area contributed by atoms with Crippen LogP contribution < -0.4 is 4.72 Å². The van der Waals surface area contributed by atoms with Gasteiger partial charge in [0.25, 0.3) is 15.9 Å². The fourth-order valence-electron chi connectivity index (χ4n) is 1.97. The van der Waals surface area contributed by atoms with Gasteiger partial charge in [0.2, 0.25) is 0 Å². The average molecular weight is 412 g/mol. The van der Waals surface area contributed by atoms with Crippen LogP contribution in [-0.2, 0) is 24.3 Å². The molecule has 0 unspecified atom stereocenters. The zero-order chi connectivity index (χ0) is 16.2. The lowest BCUT2D eigenvalue weighted by Gasteiger charge is -2.23. The fraction of sp³-hybridized carbons (Fsp3) is 0.615. The number of amides is 1. The van der Waals surface area contributed by atoms with Crippen molar-refractivity contribution in [2.24, 2.45) is 0 Å². The van der Waals surface area contributed by atoms with E-state index in [1.807, 2.05) is 4.72 Å². The Hall–Kier alpha value is -0.480. The molecule has 1 aliphatic heterocycles. The van der Waals surface area contributed by atoms with Crippen LogP contribution in [0.15, 0.2) is 20.1 Å². The Kier molecular flexibility index (Phi) is 6.39. The molecule has 124 valence electrons. The van der Waals surface area contributed by atoms with Crippen molar-refractivity contribution >= 4 is 43.2 Å². The highest BCUT2D eigenvalue weighted by atomic mass is 79.9. The van der Waals surface area contributed by atoms with Crippen molar-refractivity contribution in [3.8, 4) is 0 Å². The lowest BCUT2D eigenvalue weighted by Crippen LogP contribution is -2.39. The Morgan fingerprint density at radius 2 is 2.32 bits per heavy atom. The molecule has 1 aromatic heterocycles. The molecule has 22 heavy (non-hydrogen) atoms. The molecule has 2 atom stereocenters. The second-order valence-electron chi connectivity index (χ2n) is 4.99. The molecule has 1 fully saturated rings. The van der Waals surface area contributed by atoms with Crippen molar-refractivity contribution in [2.45, 2.75) is 42.6 Å². The summed E-state index contributed by atoms with van der Waals surface area (Å²) < 4.78 is 37.8. The standard InChI is InChI=1S/C13H18BrNO5S2/c1-9(20-8-10-4-2-3-7-19-10)13(16)15-22(17,18)12-6-5-11(14)21-12/h5-6,9-10H,2-4,7-8H2,1H3,(H,15,16)/t9-,10+/m0/s1. The zero-order valence-electron chi connectivity index (χ0n) is 12.1. The van der Waals surface area contributed by atoms with Crippen molar-refractivity contribution in [1.82, 2.24) is 4.72 Å². The molecule has 9 heteroatoms. The molecule has 0 saturated carbocycles. The molecule has 2 rings (SSSR count). The molecule has 0 spiro atoms. The minimum Gasteiger partial charge on any atom is -0.376 e. The molecule has 0 aliphatic carbocycles. The Morgan fingerprint density at radius 1 is 1.55 bits per heavy atom. The number of nitrogens with one attached hydrogen (secondary N) is 1. The van der Waals surface area contributed by atoms with E-state index in [2.05, 4.69) is 15.9 Å². The van der Waals surface area contributed by atoms with Gasteiger partial charge in [0.05, 0.1) is 16.5 Å². The summed E-state index contributed by atoms with van der Waals surface area (Å²) in [5.74, 6) is -0.680. The van der Waals surface area contributed by atoms with E-state index in [4.69, 9.17) is 9.47 Å². The summed E-state index contributed by atoms with van der Waals surface area (Å²) in [6, 6.07) is 3.05. The number of hydrogen-bond donors (Lipinski definition) is 1. The molecular formula is C13H18BrNO5S2. The zero-order valence-corrected chi connectivity index (χ0v) is 15.3. The quantitative estimate of drug-likeness (QED) is 0.776. The van der Waals surface area contributed by atoms with Gasteiger partial charge in [-0.05, 0) is 54.2 Å². The van der Waals surface area contributed by atoms with Crippen LogP contribution in [0.4, 0.5) is 0 Å². The van der Waals surface area contributed by atoms with E-state index in [9.17, 15) is 13.2 Å². The molecule has 0 bridgehead atoms. The van der Waals surface area contributed by atoms with Crippen LogP contribution in [0.5, 0.6) is 0 Å². The summed E-state index contributed by atoms with van der Waals surface area (Å²) in [7, 11) is -3.85. The number of hydrogen-bond acceptors (Lipinski definition) is 6. The first-order chi connectivity index (χ1) is 10.4. The summed E-state index contributed by atoms with van der Waals surface area (Å²) in [5.41, 5.74) is 0. The maximum absolute atomic E-state index is 12.0. The van der Waals surface area contributed by atoms with Crippen LogP contribution in [0.2, 0.25) is 0 Å². The number of carbonyl (C=O) groups is 1. The predicted octanol–water partition coefficient (Wildman–Crippen LogP) is 2.29. The maximum Gasteiger partial charge on any atom is 0.273 e. The van der Waals surface area contributed by atoms with Gasteiger partial charge in [-0.2, -0.15) is 0 Å². The van der Waals surface area contributed by atoms with Crippen molar-refractivity contribution < 1.29 is 22.7 Å². The van der Waals surface area contributed by atoms with E-state index in [1.54, 1.807) is 6.07 Å². The van der Waals surface area contributed by atoms with Gasteiger partial charge in [0.1, 0.15) is 10.3 Å². The third kappa shape index (κ3) is 5.02. The van der Waals surface area contributed by atoms with Gasteiger partial charge in [-0.25, -0.2) is 13.1 Å². The van der Waals surface area contributed by atoms with Crippen LogP contribution in [0.25, 0.3) is 0 Å². The van der Waals surface area contributed by atoms with Crippen LogP contribution in [0.3, 0.4) is 0 Å². The summed E-state index contributed by atoms with van der Waals surface area (Å²) >= 11 is 4.23. The van der Waals surface area contributed by atoms with Crippen molar-refractivity contribution in [1.29, 1.82) is 0 Å². The highest BCUT2D eigenvalue weighted by Gasteiger charge is 2.24. The minimum atomic E-state index is -3.85. The summed E-state index contributed by atoms with van der Waals surface area (Å²) in [6.07, 6.45) is 2.14. The molecule has 6 nitrogen and oxygen atoms in total. The van der Waals surface area contributed by atoms with Gasteiger partial charge in [-0.1, -0.05) is 0 Å². The fourth-order valence-corrected chi connectivity index (χ4v) is 5.03. The average Bonchev–Trinajstić information content (AvgIpc) is 2.93. The van der Waals surface area contributed by atoms with Gasteiger partial charge in [-0.3, -0.25) is 4.79 Å². The Balaban J connectivity index is 1.85. The maximum atomic E-state index is 12.0.